The molecule has 0 spiro atoms. The van der Waals surface area contributed by atoms with E-state index in [4.69, 9.17) is 10.5 Å². The highest BCUT2D eigenvalue weighted by molar-refractivity contribution is 5.61. The largest absolute Gasteiger partial charge is 0.495 e. The molecular weight excluding hydrogens is 212 g/mol. The van der Waals surface area contributed by atoms with Crippen LogP contribution in [0.4, 0.5) is 11.4 Å². The van der Waals surface area contributed by atoms with Gasteiger partial charge in [-0.1, -0.05) is 19.8 Å². The van der Waals surface area contributed by atoms with Crippen LogP contribution < -0.4 is 15.8 Å². The summed E-state index contributed by atoms with van der Waals surface area (Å²) in [6, 6.07) is 6.49. The van der Waals surface area contributed by atoms with Gasteiger partial charge in [-0.3, -0.25) is 0 Å². The molecule has 3 nitrogen and oxygen atoms in total. The number of ether oxygens (including phenoxy) is 1. The van der Waals surface area contributed by atoms with Gasteiger partial charge in [-0.15, -0.1) is 0 Å². The molecule has 2 rings (SSSR count). The van der Waals surface area contributed by atoms with Gasteiger partial charge in [0.2, 0.25) is 0 Å². The highest BCUT2D eigenvalue weighted by Gasteiger charge is 2.20. The van der Waals surface area contributed by atoms with Crippen molar-refractivity contribution in [3.63, 3.8) is 0 Å². The molecule has 1 fully saturated rings. The lowest BCUT2D eigenvalue weighted by atomic mass is 9.86. The van der Waals surface area contributed by atoms with Crippen LogP contribution >= 0.6 is 0 Å². The van der Waals surface area contributed by atoms with E-state index in [-0.39, 0.29) is 0 Å². The van der Waals surface area contributed by atoms with Crippen molar-refractivity contribution in [3.05, 3.63) is 18.2 Å². The van der Waals surface area contributed by atoms with Gasteiger partial charge in [-0.25, -0.2) is 0 Å². The van der Waals surface area contributed by atoms with Gasteiger partial charge in [0.25, 0.3) is 0 Å². The molecule has 0 aromatic heterocycles. The Morgan fingerprint density at radius 2 is 2.06 bits per heavy atom. The third-order valence-electron chi connectivity index (χ3n) is 3.70. The maximum absolute atomic E-state index is 5.81. The molecule has 17 heavy (non-hydrogen) atoms. The first-order valence-electron chi connectivity index (χ1n) is 6.40. The van der Waals surface area contributed by atoms with Gasteiger partial charge in [0.15, 0.2) is 0 Å². The van der Waals surface area contributed by atoms with Crippen LogP contribution in [0.3, 0.4) is 0 Å². The molecule has 1 saturated carbocycles. The molecule has 0 amide bonds. The van der Waals surface area contributed by atoms with Crippen LogP contribution in [0.15, 0.2) is 18.2 Å². The Morgan fingerprint density at radius 1 is 1.29 bits per heavy atom. The van der Waals surface area contributed by atoms with Crippen molar-refractivity contribution in [1.29, 1.82) is 0 Å². The number of nitrogen functional groups attached to an aromatic ring is 1. The third-order valence-corrected chi connectivity index (χ3v) is 3.70. The minimum atomic E-state index is 0.581. The van der Waals surface area contributed by atoms with E-state index in [1.54, 1.807) is 7.11 Å². The van der Waals surface area contributed by atoms with Crippen molar-refractivity contribution < 1.29 is 4.74 Å². The molecular formula is C14H22N2O. The van der Waals surface area contributed by atoms with E-state index in [2.05, 4.69) is 12.2 Å². The average molecular weight is 234 g/mol. The Balaban J connectivity index is 2.07. The van der Waals surface area contributed by atoms with Crippen molar-refractivity contribution in [2.45, 2.75) is 38.6 Å². The smallest absolute Gasteiger partial charge is 0.143 e. The van der Waals surface area contributed by atoms with Gasteiger partial charge >= 0.3 is 0 Å². The van der Waals surface area contributed by atoms with E-state index in [0.29, 0.717) is 11.7 Å². The predicted molar refractivity (Wildman–Crippen MR) is 72.4 cm³/mol. The Morgan fingerprint density at radius 3 is 2.76 bits per heavy atom. The van der Waals surface area contributed by atoms with Gasteiger partial charge in [-0.05, 0) is 30.9 Å². The number of methoxy groups -OCH3 is 1. The van der Waals surface area contributed by atoms with Crippen LogP contribution in [0.25, 0.3) is 0 Å². The van der Waals surface area contributed by atoms with Crippen LogP contribution in [0.5, 0.6) is 5.75 Å². The van der Waals surface area contributed by atoms with Gasteiger partial charge in [0, 0.05) is 17.8 Å². The fourth-order valence-corrected chi connectivity index (χ4v) is 2.55. The van der Waals surface area contributed by atoms with Crippen molar-refractivity contribution >= 4 is 11.4 Å². The maximum atomic E-state index is 5.81. The maximum Gasteiger partial charge on any atom is 0.143 e. The first-order valence-corrected chi connectivity index (χ1v) is 6.40. The van der Waals surface area contributed by atoms with Crippen LogP contribution in [0.2, 0.25) is 0 Å². The predicted octanol–water partition coefficient (Wildman–Crippen LogP) is 3.27. The zero-order chi connectivity index (χ0) is 12.3. The fourth-order valence-electron chi connectivity index (χ4n) is 2.55. The second-order valence-electron chi connectivity index (χ2n) is 4.97. The third kappa shape index (κ3) is 2.84. The minimum absolute atomic E-state index is 0.581. The molecule has 0 heterocycles. The van der Waals surface area contributed by atoms with Crippen molar-refractivity contribution in [2.75, 3.05) is 18.2 Å². The van der Waals surface area contributed by atoms with E-state index >= 15 is 0 Å². The van der Waals surface area contributed by atoms with Crippen molar-refractivity contribution in [3.8, 4) is 5.75 Å². The zero-order valence-electron chi connectivity index (χ0n) is 10.7. The first kappa shape index (κ1) is 12.1. The fraction of sp³-hybridized carbons (Fsp3) is 0.571. The molecule has 0 aliphatic heterocycles. The van der Waals surface area contributed by atoms with E-state index in [1.165, 1.54) is 25.7 Å². The summed E-state index contributed by atoms with van der Waals surface area (Å²) < 4.78 is 5.24. The number of rotatable bonds is 3. The van der Waals surface area contributed by atoms with Crippen LogP contribution in [-0.4, -0.2) is 13.2 Å². The monoisotopic (exact) mass is 234 g/mol. The lowest BCUT2D eigenvalue weighted by molar-refractivity contribution is 0.349. The lowest BCUT2D eigenvalue weighted by Crippen LogP contribution is -2.30. The van der Waals surface area contributed by atoms with Crippen LogP contribution in [-0.2, 0) is 0 Å². The first-order chi connectivity index (χ1) is 8.20. The molecule has 3 N–H and O–H groups in total. The van der Waals surface area contributed by atoms with Gasteiger partial charge in [0.1, 0.15) is 5.75 Å². The van der Waals surface area contributed by atoms with E-state index in [0.717, 1.165) is 17.4 Å². The lowest BCUT2D eigenvalue weighted by Gasteiger charge is -2.30. The topological polar surface area (TPSA) is 47.3 Å². The zero-order valence-corrected chi connectivity index (χ0v) is 10.7. The molecule has 94 valence electrons. The summed E-state index contributed by atoms with van der Waals surface area (Å²) in [7, 11) is 1.65. The van der Waals surface area contributed by atoms with Gasteiger partial charge in [-0.2, -0.15) is 0 Å². The number of nitrogens with two attached hydrogens (primary N) is 1. The van der Waals surface area contributed by atoms with Crippen LogP contribution in [0.1, 0.15) is 32.6 Å². The molecule has 0 saturated heterocycles. The summed E-state index contributed by atoms with van der Waals surface area (Å²) in [6.45, 7) is 2.32. The molecule has 2 unspecified atom stereocenters. The number of hydrogen-bond donors (Lipinski definition) is 2. The molecule has 2 atom stereocenters. The molecule has 1 aromatic carbocycles. The van der Waals surface area contributed by atoms with E-state index in [9.17, 15) is 0 Å². The minimum Gasteiger partial charge on any atom is -0.495 e. The second kappa shape index (κ2) is 5.30. The normalized spacial score (nSPS) is 24.4. The SMILES string of the molecule is COc1cc(NC2CCCCC2C)ccc1N. The Hall–Kier alpha value is -1.38. The summed E-state index contributed by atoms with van der Waals surface area (Å²) in [5.74, 6) is 1.49. The molecule has 0 radical (unpaired) electrons. The Bertz CT molecular complexity index is 378. The molecule has 1 aromatic rings. The highest BCUT2D eigenvalue weighted by Crippen LogP contribution is 2.30. The van der Waals surface area contributed by atoms with Crippen LogP contribution in [0, 0.1) is 5.92 Å². The van der Waals surface area contributed by atoms with Gasteiger partial charge < -0.3 is 15.8 Å². The summed E-state index contributed by atoms with van der Waals surface area (Å²) in [6.07, 6.45) is 5.27. The summed E-state index contributed by atoms with van der Waals surface area (Å²) in [4.78, 5) is 0. The van der Waals surface area contributed by atoms with Gasteiger partial charge in [0.05, 0.1) is 12.8 Å². The summed E-state index contributed by atoms with van der Waals surface area (Å²) >= 11 is 0. The number of anilines is 2. The van der Waals surface area contributed by atoms with E-state index in [1.807, 2.05) is 18.2 Å². The molecule has 1 aliphatic rings. The standard InChI is InChI=1S/C14H22N2O/c1-10-5-3-4-6-13(10)16-11-7-8-12(15)14(9-11)17-2/h7-10,13,16H,3-6,15H2,1-2H3. The van der Waals surface area contributed by atoms with Crippen molar-refractivity contribution in [1.82, 2.24) is 0 Å². The Kier molecular flexibility index (Phi) is 3.77. The quantitative estimate of drug-likeness (QED) is 0.789. The number of benzene rings is 1. The summed E-state index contributed by atoms with van der Waals surface area (Å²) in [5.41, 5.74) is 7.60. The molecule has 1 aliphatic carbocycles. The van der Waals surface area contributed by atoms with E-state index < -0.39 is 0 Å². The number of hydrogen-bond acceptors (Lipinski definition) is 3. The second-order valence-corrected chi connectivity index (χ2v) is 4.97. The molecule has 3 heteroatoms. The molecule has 0 bridgehead atoms. The Labute approximate surface area is 103 Å². The highest BCUT2D eigenvalue weighted by atomic mass is 16.5. The summed E-state index contributed by atoms with van der Waals surface area (Å²) in [5, 5.41) is 3.60. The average Bonchev–Trinajstić information content (AvgIpc) is 2.34. The number of nitrogens with one attached hydrogen (secondary N) is 1. The van der Waals surface area contributed by atoms with Crippen molar-refractivity contribution in [2.24, 2.45) is 5.92 Å².